The zero-order valence-corrected chi connectivity index (χ0v) is 18.9. The zero-order chi connectivity index (χ0) is 23.5. The molecule has 32 heavy (non-hydrogen) atoms. The third-order valence-electron chi connectivity index (χ3n) is 4.52. The quantitative estimate of drug-likeness (QED) is 0.147. The largest absolute Gasteiger partial charge is 0.467 e. The Kier molecular flexibility index (Phi) is 10.2. The second-order valence-corrected chi connectivity index (χ2v) is 7.03. The highest BCUT2D eigenvalue weighted by atomic mass is 16.7. The van der Waals surface area contributed by atoms with Gasteiger partial charge in [-0.3, -0.25) is 14.4 Å². The van der Waals surface area contributed by atoms with Crippen LogP contribution in [0.15, 0.2) is 23.8 Å². The minimum atomic E-state index is -0.642. The van der Waals surface area contributed by atoms with Crippen LogP contribution < -0.4 is 9.47 Å². The SMILES string of the molecule is CCOCOc1cc(C)cc(OCOCC)c1C(=O)/C=C(\COC(C)=O)[C@@H]1CCC(=O)O1. The lowest BCUT2D eigenvalue weighted by atomic mass is 10.0. The van der Waals surface area contributed by atoms with Gasteiger partial charge in [0.25, 0.3) is 0 Å². The maximum atomic E-state index is 13.4. The first kappa shape index (κ1) is 25.4. The topological polar surface area (TPSA) is 107 Å². The molecule has 0 spiro atoms. The Morgan fingerprint density at radius 2 is 1.69 bits per heavy atom. The normalized spacial score (nSPS) is 15.9. The maximum Gasteiger partial charge on any atom is 0.306 e. The summed E-state index contributed by atoms with van der Waals surface area (Å²) in [7, 11) is 0. The van der Waals surface area contributed by atoms with Crippen LogP contribution in [0.3, 0.4) is 0 Å². The van der Waals surface area contributed by atoms with E-state index in [9.17, 15) is 14.4 Å². The van der Waals surface area contributed by atoms with Gasteiger partial charge < -0.3 is 28.4 Å². The predicted molar refractivity (Wildman–Crippen MR) is 114 cm³/mol. The molecule has 1 aliphatic heterocycles. The van der Waals surface area contributed by atoms with Gasteiger partial charge in [-0.2, -0.15) is 0 Å². The average Bonchev–Trinajstić information content (AvgIpc) is 3.17. The number of carbonyl (C=O) groups is 3. The number of hydrogen-bond acceptors (Lipinski definition) is 9. The van der Waals surface area contributed by atoms with Crippen molar-refractivity contribution in [2.45, 2.75) is 46.6 Å². The number of benzene rings is 1. The molecule has 0 amide bonds. The van der Waals surface area contributed by atoms with Gasteiger partial charge in [-0.15, -0.1) is 0 Å². The van der Waals surface area contributed by atoms with Crippen molar-refractivity contribution >= 4 is 17.7 Å². The molecule has 1 saturated heterocycles. The van der Waals surface area contributed by atoms with Gasteiger partial charge in [-0.25, -0.2) is 0 Å². The van der Waals surface area contributed by atoms with Crippen LogP contribution in [-0.2, 0) is 28.5 Å². The Hall–Kier alpha value is -2.91. The lowest BCUT2D eigenvalue weighted by Gasteiger charge is -2.17. The number of cyclic esters (lactones) is 1. The van der Waals surface area contributed by atoms with Crippen LogP contribution in [0.25, 0.3) is 0 Å². The summed E-state index contributed by atoms with van der Waals surface area (Å²) in [6.45, 7) is 7.39. The van der Waals surface area contributed by atoms with Crippen LogP contribution in [-0.4, -0.2) is 57.2 Å². The van der Waals surface area contributed by atoms with E-state index in [-0.39, 0.29) is 49.6 Å². The number of rotatable bonds is 13. The zero-order valence-electron chi connectivity index (χ0n) is 18.9. The van der Waals surface area contributed by atoms with Crippen LogP contribution in [0.1, 0.15) is 49.5 Å². The van der Waals surface area contributed by atoms with Crippen molar-refractivity contribution in [1.82, 2.24) is 0 Å². The Morgan fingerprint density at radius 1 is 1.09 bits per heavy atom. The van der Waals surface area contributed by atoms with Crippen molar-refractivity contribution in [2.24, 2.45) is 0 Å². The fourth-order valence-corrected chi connectivity index (χ4v) is 3.01. The molecular formula is C23H30O9. The molecule has 0 bridgehead atoms. The molecule has 1 aromatic carbocycles. The van der Waals surface area contributed by atoms with E-state index in [0.717, 1.165) is 5.56 Å². The van der Waals surface area contributed by atoms with Crippen molar-refractivity contribution in [3.63, 3.8) is 0 Å². The smallest absolute Gasteiger partial charge is 0.306 e. The summed E-state index contributed by atoms with van der Waals surface area (Å²) >= 11 is 0. The molecule has 0 radical (unpaired) electrons. The number of ether oxygens (including phenoxy) is 6. The van der Waals surface area contributed by atoms with Crippen molar-refractivity contribution in [2.75, 3.05) is 33.4 Å². The number of esters is 2. The third kappa shape index (κ3) is 7.65. The van der Waals surface area contributed by atoms with E-state index in [2.05, 4.69) is 0 Å². The van der Waals surface area contributed by atoms with Crippen LogP contribution >= 0.6 is 0 Å². The first-order valence-corrected chi connectivity index (χ1v) is 10.5. The molecule has 0 N–H and O–H groups in total. The first-order valence-electron chi connectivity index (χ1n) is 10.5. The summed E-state index contributed by atoms with van der Waals surface area (Å²) in [5, 5.41) is 0. The van der Waals surface area contributed by atoms with Gasteiger partial charge in [0.15, 0.2) is 19.4 Å². The van der Waals surface area contributed by atoms with Gasteiger partial charge in [-0.1, -0.05) is 0 Å². The van der Waals surface area contributed by atoms with Crippen LogP contribution in [0.4, 0.5) is 0 Å². The Labute approximate surface area is 187 Å². The summed E-state index contributed by atoms with van der Waals surface area (Å²) in [6.07, 6.45) is 1.29. The lowest BCUT2D eigenvalue weighted by Crippen LogP contribution is -2.18. The molecule has 0 unspecified atom stereocenters. The highest BCUT2D eigenvalue weighted by Gasteiger charge is 2.29. The fourth-order valence-electron chi connectivity index (χ4n) is 3.01. The molecule has 1 atom stereocenters. The molecule has 1 heterocycles. The summed E-state index contributed by atoms with van der Waals surface area (Å²) in [4.78, 5) is 36.3. The summed E-state index contributed by atoms with van der Waals surface area (Å²) in [5.41, 5.74) is 1.36. The molecule has 1 fully saturated rings. The molecule has 0 aromatic heterocycles. The number of ketones is 1. The van der Waals surface area contributed by atoms with Gasteiger partial charge >= 0.3 is 11.9 Å². The van der Waals surface area contributed by atoms with Crippen LogP contribution in [0, 0.1) is 6.92 Å². The van der Waals surface area contributed by atoms with Crippen LogP contribution in [0.5, 0.6) is 11.5 Å². The van der Waals surface area contributed by atoms with Crippen LogP contribution in [0.2, 0.25) is 0 Å². The molecule has 9 heteroatoms. The fraction of sp³-hybridized carbons (Fsp3) is 0.522. The Morgan fingerprint density at radius 3 is 2.16 bits per heavy atom. The van der Waals surface area contributed by atoms with E-state index >= 15 is 0 Å². The van der Waals surface area contributed by atoms with Gasteiger partial charge in [0.05, 0.1) is 0 Å². The molecule has 1 aliphatic rings. The molecule has 0 aliphatic carbocycles. The van der Waals surface area contributed by atoms with Crippen molar-refractivity contribution < 1.29 is 42.8 Å². The number of aryl methyl sites for hydroxylation is 1. The van der Waals surface area contributed by atoms with E-state index in [1.165, 1.54) is 13.0 Å². The molecule has 1 aromatic rings. The van der Waals surface area contributed by atoms with E-state index in [1.807, 2.05) is 20.8 Å². The van der Waals surface area contributed by atoms with Gasteiger partial charge in [-0.05, 0) is 51.0 Å². The minimum absolute atomic E-state index is 0.0462. The molecule has 176 valence electrons. The first-order chi connectivity index (χ1) is 15.3. The Balaban J connectivity index is 2.42. The molecular weight excluding hydrogens is 420 g/mol. The van der Waals surface area contributed by atoms with Crippen molar-refractivity contribution in [1.29, 1.82) is 0 Å². The molecule has 9 nitrogen and oxygen atoms in total. The third-order valence-corrected chi connectivity index (χ3v) is 4.52. The monoisotopic (exact) mass is 450 g/mol. The minimum Gasteiger partial charge on any atom is -0.467 e. The number of hydrogen-bond donors (Lipinski definition) is 0. The van der Waals surface area contributed by atoms with Gasteiger partial charge in [0.2, 0.25) is 0 Å². The van der Waals surface area contributed by atoms with E-state index in [1.54, 1.807) is 12.1 Å². The predicted octanol–water partition coefficient (Wildman–Crippen LogP) is 3.12. The highest BCUT2D eigenvalue weighted by molar-refractivity contribution is 6.09. The van der Waals surface area contributed by atoms with E-state index in [0.29, 0.717) is 25.2 Å². The summed E-state index contributed by atoms with van der Waals surface area (Å²) in [5.74, 6) is -0.770. The molecule has 0 saturated carbocycles. The summed E-state index contributed by atoms with van der Waals surface area (Å²) in [6, 6.07) is 3.41. The maximum absolute atomic E-state index is 13.4. The second kappa shape index (κ2) is 12.8. The lowest BCUT2D eigenvalue weighted by molar-refractivity contribution is -0.141. The standard InChI is InChI=1S/C23H30O9/c1-5-27-13-30-20-9-15(3)10-21(31-14-28-6-2)23(20)18(25)11-17(12-29-16(4)24)19-7-8-22(26)32-19/h9-11,19H,5-8,12-14H2,1-4H3/b17-11+/t19-/m0/s1. The van der Waals surface area contributed by atoms with Crippen molar-refractivity contribution in [3.05, 3.63) is 34.9 Å². The number of carbonyl (C=O) groups excluding carboxylic acids is 3. The Bertz CT molecular complexity index is 813. The van der Waals surface area contributed by atoms with E-state index < -0.39 is 17.9 Å². The number of allylic oxidation sites excluding steroid dienone is 1. The van der Waals surface area contributed by atoms with Gasteiger partial charge in [0.1, 0.15) is 29.8 Å². The van der Waals surface area contributed by atoms with E-state index in [4.69, 9.17) is 28.4 Å². The summed E-state index contributed by atoms with van der Waals surface area (Å²) < 4.78 is 32.2. The highest BCUT2D eigenvalue weighted by Crippen LogP contribution is 2.33. The second-order valence-electron chi connectivity index (χ2n) is 7.03. The van der Waals surface area contributed by atoms with Gasteiger partial charge in [0, 0.05) is 32.1 Å². The van der Waals surface area contributed by atoms with Crippen molar-refractivity contribution in [3.8, 4) is 11.5 Å². The molecule has 2 rings (SSSR count). The average molecular weight is 450 g/mol.